The molecular formula is C20H28O4. The highest BCUT2D eigenvalue weighted by molar-refractivity contribution is 6.19. The van der Waals surface area contributed by atoms with E-state index in [-0.39, 0.29) is 34.6 Å². The molecule has 1 aliphatic carbocycles. The van der Waals surface area contributed by atoms with Gasteiger partial charge in [-0.15, -0.1) is 0 Å². The van der Waals surface area contributed by atoms with Crippen molar-refractivity contribution in [3.05, 3.63) is 23.3 Å². The van der Waals surface area contributed by atoms with Crippen LogP contribution in [0.1, 0.15) is 60.3 Å². The lowest BCUT2D eigenvalue weighted by Gasteiger charge is -2.33. The van der Waals surface area contributed by atoms with Crippen molar-refractivity contribution < 1.29 is 19.4 Å². The molecule has 2 aliphatic heterocycles. The van der Waals surface area contributed by atoms with Crippen LogP contribution < -0.4 is 0 Å². The molecule has 3 rings (SSSR count). The van der Waals surface area contributed by atoms with Gasteiger partial charge in [0.05, 0.1) is 11.7 Å². The Balaban J connectivity index is 2.12. The van der Waals surface area contributed by atoms with E-state index in [0.717, 1.165) is 19.3 Å². The van der Waals surface area contributed by atoms with E-state index in [2.05, 4.69) is 13.8 Å². The Labute approximate surface area is 144 Å². The van der Waals surface area contributed by atoms with Gasteiger partial charge in [0.15, 0.2) is 17.2 Å². The minimum atomic E-state index is -1.81. The fourth-order valence-corrected chi connectivity index (χ4v) is 4.30. The van der Waals surface area contributed by atoms with Crippen molar-refractivity contribution in [3.63, 3.8) is 0 Å². The molecule has 0 spiro atoms. The van der Waals surface area contributed by atoms with Crippen molar-refractivity contribution in [2.75, 3.05) is 0 Å². The van der Waals surface area contributed by atoms with Gasteiger partial charge in [0.2, 0.25) is 0 Å². The molecular weight excluding hydrogens is 304 g/mol. The number of aliphatic hydroxyl groups is 1. The molecule has 24 heavy (non-hydrogen) atoms. The zero-order valence-electron chi connectivity index (χ0n) is 15.3. The van der Waals surface area contributed by atoms with Gasteiger partial charge in [0.1, 0.15) is 0 Å². The average molecular weight is 332 g/mol. The number of ether oxygens (including phenoxy) is 1. The van der Waals surface area contributed by atoms with Crippen LogP contribution in [0.3, 0.4) is 0 Å². The Bertz CT molecular complexity index is 657. The third-order valence-corrected chi connectivity index (χ3v) is 6.12. The summed E-state index contributed by atoms with van der Waals surface area (Å²) >= 11 is 0. The zero-order chi connectivity index (χ0) is 17.9. The lowest BCUT2D eigenvalue weighted by atomic mass is 9.75. The van der Waals surface area contributed by atoms with Crippen molar-refractivity contribution >= 4 is 11.6 Å². The summed E-state index contributed by atoms with van der Waals surface area (Å²) in [5.74, 6) is -0.835. The second kappa shape index (κ2) is 5.37. The van der Waals surface area contributed by atoms with Crippen LogP contribution in [0.25, 0.3) is 0 Å². The first kappa shape index (κ1) is 17.6. The summed E-state index contributed by atoms with van der Waals surface area (Å²) < 4.78 is 6.33. The van der Waals surface area contributed by atoms with Crippen molar-refractivity contribution in [1.82, 2.24) is 0 Å². The molecule has 0 amide bonds. The van der Waals surface area contributed by atoms with E-state index in [4.69, 9.17) is 4.74 Å². The number of hydrogen-bond donors (Lipinski definition) is 1. The van der Waals surface area contributed by atoms with Crippen LogP contribution in [0.4, 0.5) is 0 Å². The van der Waals surface area contributed by atoms with Crippen molar-refractivity contribution in [1.29, 1.82) is 0 Å². The minimum absolute atomic E-state index is 0.0390. The number of ketones is 2. The van der Waals surface area contributed by atoms with Crippen LogP contribution in [0.5, 0.6) is 0 Å². The van der Waals surface area contributed by atoms with Gasteiger partial charge in [-0.25, -0.2) is 0 Å². The molecule has 0 unspecified atom stereocenters. The molecule has 1 N–H and O–H groups in total. The van der Waals surface area contributed by atoms with E-state index >= 15 is 0 Å². The number of Topliss-reactive ketones (excluding diaryl/α,β-unsaturated/α-hetero) is 2. The normalized spacial score (nSPS) is 42.2. The summed E-state index contributed by atoms with van der Waals surface area (Å²) in [7, 11) is 0. The molecule has 0 radical (unpaired) electrons. The van der Waals surface area contributed by atoms with E-state index in [0.29, 0.717) is 12.0 Å². The topological polar surface area (TPSA) is 63.6 Å². The average Bonchev–Trinajstić information content (AvgIpc) is 2.99. The Morgan fingerprint density at radius 3 is 2.46 bits per heavy atom. The predicted molar refractivity (Wildman–Crippen MR) is 91.5 cm³/mol. The molecule has 1 fully saturated rings. The maximum Gasteiger partial charge on any atom is 0.188 e. The zero-order valence-corrected chi connectivity index (χ0v) is 15.3. The summed E-state index contributed by atoms with van der Waals surface area (Å²) in [4.78, 5) is 25.5. The van der Waals surface area contributed by atoms with Gasteiger partial charge >= 0.3 is 0 Å². The Hall–Kier alpha value is -1.26. The summed E-state index contributed by atoms with van der Waals surface area (Å²) in [5.41, 5.74) is -1.85. The monoisotopic (exact) mass is 332 g/mol. The Morgan fingerprint density at radius 2 is 1.79 bits per heavy atom. The van der Waals surface area contributed by atoms with Crippen molar-refractivity contribution in [2.45, 2.75) is 77.6 Å². The number of hydrogen-bond acceptors (Lipinski definition) is 4. The maximum atomic E-state index is 13.0. The third-order valence-electron chi connectivity index (χ3n) is 6.12. The van der Waals surface area contributed by atoms with Crippen LogP contribution in [0, 0.1) is 11.3 Å². The SMILES string of the molecule is CC1=C[C@]2(O)C(=O)[C@@H](C)CCC(C)(C)[C@@H]3CC[C@](C)(C=C2C1=O)O3. The second-order valence-corrected chi connectivity index (χ2v) is 8.73. The molecule has 2 heterocycles. The third kappa shape index (κ3) is 2.60. The van der Waals surface area contributed by atoms with E-state index in [1.165, 1.54) is 6.08 Å². The number of allylic oxidation sites excluding steroid dienone is 1. The predicted octanol–water partition coefficient (Wildman–Crippen LogP) is 3.14. The fourth-order valence-electron chi connectivity index (χ4n) is 4.30. The van der Waals surface area contributed by atoms with Gasteiger partial charge < -0.3 is 9.84 Å². The van der Waals surface area contributed by atoms with E-state index < -0.39 is 11.2 Å². The van der Waals surface area contributed by atoms with Gasteiger partial charge in [-0.1, -0.05) is 20.8 Å². The first-order valence-corrected chi connectivity index (χ1v) is 8.90. The highest BCUT2D eigenvalue weighted by Gasteiger charge is 2.51. The van der Waals surface area contributed by atoms with Crippen molar-refractivity contribution in [2.24, 2.45) is 11.3 Å². The maximum absolute atomic E-state index is 13.0. The number of rotatable bonds is 0. The Kier molecular flexibility index (Phi) is 3.93. The van der Waals surface area contributed by atoms with Crippen LogP contribution in [0.2, 0.25) is 0 Å². The molecule has 0 aromatic heterocycles. The highest BCUT2D eigenvalue weighted by atomic mass is 16.5. The smallest absolute Gasteiger partial charge is 0.188 e. The van der Waals surface area contributed by atoms with Gasteiger partial charge in [0.25, 0.3) is 0 Å². The second-order valence-electron chi connectivity index (χ2n) is 8.73. The molecule has 3 aliphatic rings. The van der Waals surface area contributed by atoms with Gasteiger partial charge in [-0.3, -0.25) is 9.59 Å². The lowest BCUT2D eigenvalue weighted by molar-refractivity contribution is -0.135. The highest BCUT2D eigenvalue weighted by Crippen LogP contribution is 2.46. The molecule has 0 aromatic carbocycles. The van der Waals surface area contributed by atoms with E-state index in [9.17, 15) is 14.7 Å². The summed E-state index contributed by atoms with van der Waals surface area (Å²) in [5, 5.41) is 11.1. The Morgan fingerprint density at radius 1 is 1.12 bits per heavy atom. The number of fused-ring (bicyclic) bond motifs is 3. The number of carbonyl (C=O) groups excluding carboxylic acids is 2. The molecule has 4 atom stereocenters. The van der Waals surface area contributed by atoms with Crippen LogP contribution in [-0.4, -0.2) is 34.0 Å². The lowest BCUT2D eigenvalue weighted by Crippen LogP contribution is -2.42. The molecule has 2 bridgehead atoms. The minimum Gasteiger partial charge on any atom is -0.373 e. The largest absolute Gasteiger partial charge is 0.373 e. The van der Waals surface area contributed by atoms with Crippen molar-refractivity contribution in [3.8, 4) is 0 Å². The molecule has 4 nitrogen and oxygen atoms in total. The van der Waals surface area contributed by atoms with Crippen LogP contribution >= 0.6 is 0 Å². The fraction of sp³-hybridized carbons (Fsp3) is 0.700. The van der Waals surface area contributed by atoms with Gasteiger partial charge in [-0.2, -0.15) is 0 Å². The molecule has 0 aromatic rings. The molecule has 1 saturated heterocycles. The van der Waals surface area contributed by atoms with Gasteiger partial charge in [0, 0.05) is 11.5 Å². The molecule has 4 heteroatoms. The van der Waals surface area contributed by atoms with Crippen LogP contribution in [0.15, 0.2) is 23.3 Å². The first-order chi connectivity index (χ1) is 11.0. The summed E-state index contributed by atoms with van der Waals surface area (Å²) in [6.07, 6.45) is 6.48. The first-order valence-electron chi connectivity index (χ1n) is 8.90. The quantitative estimate of drug-likeness (QED) is 0.740. The number of carbonyl (C=O) groups is 2. The summed E-state index contributed by atoms with van der Waals surface area (Å²) in [6.45, 7) is 9.80. The standard InChI is InChI=1S/C20H28O4/c1-12-6-8-18(3,4)15-7-9-19(5,24-15)11-14-16(21)13(2)10-20(14,23)17(12)22/h10-12,15,23H,6-9H2,1-5H3/t12-,15-,19+,20+/m0/s1. The van der Waals surface area contributed by atoms with E-state index in [1.54, 1.807) is 13.0 Å². The van der Waals surface area contributed by atoms with E-state index in [1.807, 2.05) is 13.8 Å². The van der Waals surface area contributed by atoms with Gasteiger partial charge in [-0.05, 0) is 62.7 Å². The molecule has 0 saturated carbocycles. The van der Waals surface area contributed by atoms with Crippen LogP contribution in [-0.2, 0) is 14.3 Å². The molecule has 132 valence electrons. The summed E-state index contributed by atoms with van der Waals surface area (Å²) in [6, 6.07) is 0.